The van der Waals surface area contributed by atoms with Crippen LogP contribution in [0.5, 0.6) is 0 Å². The molecule has 1 amide bonds. The topological polar surface area (TPSA) is 71.7 Å². The number of carbonyl (C=O) groups is 2. The van der Waals surface area contributed by atoms with Gasteiger partial charge in [-0.15, -0.1) is 0 Å². The third kappa shape index (κ3) is 4.46. The molecule has 1 N–H and O–H groups in total. The number of Topliss-reactive ketones (excluding diaryl/α,β-unsaturated/α-hetero) is 1. The van der Waals surface area contributed by atoms with Crippen molar-refractivity contribution in [1.82, 2.24) is 5.43 Å². The lowest BCUT2D eigenvalue weighted by Crippen LogP contribution is -2.58. The molecule has 1 heterocycles. The second-order valence-corrected chi connectivity index (χ2v) is 5.68. The number of alkyl halides is 7. The highest BCUT2D eigenvalue weighted by Crippen LogP contribution is 2.46. The number of hydrogen-bond acceptors (Lipinski definition) is 4. The lowest BCUT2D eigenvalue weighted by Gasteiger charge is -2.26. The van der Waals surface area contributed by atoms with E-state index < -0.39 is 23.9 Å². The molecule has 0 unspecified atom stereocenters. The molecule has 0 saturated carbocycles. The van der Waals surface area contributed by atoms with Crippen LogP contribution in [0.2, 0.25) is 0 Å². The minimum Gasteiger partial charge on any atom is -0.455 e. The van der Waals surface area contributed by atoms with Crippen LogP contribution in [0.3, 0.4) is 0 Å². The van der Waals surface area contributed by atoms with Crippen molar-refractivity contribution in [2.45, 2.75) is 24.9 Å². The predicted octanol–water partition coefficient (Wildman–Crippen LogP) is 4.43. The number of carbonyl (C=O) groups excluding carboxylic acids is 2. The SMILES string of the molecule is CC(=O)c1ccc(-c2ccc(/C=N/NC(=O)C(F)(F)C(F)(F)C(F)(F)F)o2)cc1. The Kier molecular flexibility index (Phi) is 5.86. The van der Waals surface area contributed by atoms with Gasteiger partial charge in [0.05, 0.1) is 6.21 Å². The van der Waals surface area contributed by atoms with Crippen molar-refractivity contribution in [3.63, 3.8) is 0 Å². The Bertz CT molecular complexity index is 931. The predicted molar refractivity (Wildman–Crippen MR) is 85.8 cm³/mol. The minimum absolute atomic E-state index is 0.123. The molecule has 0 aliphatic heterocycles. The summed E-state index contributed by atoms with van der Waals surface area (Å²) < 4.78 is 93.1. The molecule has 12 heteroatoms. The summed E-state index contributed by atoms with van der Waals surface area (Å²) in [5.74, 6) is -15.6. The van der Waals surface area contributed by atoms with Crippen LogP contribution < -0.4 is 5.43 Å². The first-order valence-corrected chi connectivity index (χ1v) is 7.64. The fraction of sp³-hybridized carbons (Fsp3) is 0.235. The second-order valence-electron chi connectivity index (χ2n) is 5.68. The quantitative estimate of drug-likeness (QED) is 0.323. The molecule has 0 aliphatic carbocycles. The highest BCUT2D eigenvalue weighted by atomic mass is 19.4. The van der Waals surface area contributed by atoms with Gasteiger partial charge in [-0.2, -0.15) is 35.8 Å². The smallest absolute Gasteiger partial charge is 0.455 e. The number of nitrogens with zero attached hydrogens (tertiary/aromatic N) is 1. The maximum absolute atomic E-state index is 13.1. The molecule has 1 aromatic carbocycles. The van der Waals surface area contributed by atoms with Crippen LogP contribution in [-0.2, 0) is 4.79 Å². The molecule has 5 nitrogen and oxygen atoms in total. The van der Waals surface area contributed by atoms with E-state index in [2.05, 4.69) is 5.10 Å². The Morgan fingerprint density at radius 3 is 2.07 bits per heavy atom. The zero-order valence-electron chi connectivity index (χ0n) is 14.4. The number of amides is 1. The molecule has 0 fully saturated rings. The van der Waals surface area contributed by atoms with E-state index in [1.54, 1.807) is 12.1 Å². The summed E-state index contributed by atoms with van der Waals surface area (Å²) in [4.78, 5) is 22.3. The molecule has 0 saturated heterocycles. The molecule has 0 radical (unpaired) electrons. The second kappa shape index (κ2) is 7.68. The first kappa shape index (κ1) is 22.1. The first-order chi connectivity index (χ1) is 13.3. The summed E-state index contributed by atoms with van der Waals surface area (Å²) in [6.45, 7) is 1.37. The van der Waals surface area contributed by atoms with E-state index in [9.17, 15) is 40.3 Å². The Morgan fingerprint density at radius 2 is 1.55 bits per heavy atom. The zero-order valence-corrected chi connectivity index (χ0v) is 14.4. The molecule has 1 aromatic heterocycles. The molecule has 156 valence electrons. The normalized spacial score (nSPS) is 13.0. The molecular formula is C17H11F7N2O3. The van der Waals surface area contributed by atoms with Crippen LogP contribution in [0.4, 0.5) is 30.7 Å². The summed E-state index contributed by atoms with van der Waals surface area (Å²) >= 11 is 0. The van der Waals surface area contributed by atoms with Crippen molar-refractivity contribution in [3.05, 3.63) is 47.7 Å². The number of benzene rings is 1. The molecule has 2 rings (SSSR count). The van der Waals surface area contributed by atoms with Gasteiger partial charge in [0.25, 0.3) is 0 Å². The lowest BCUT2D eigenvalue weighted by atomic mass is 10.1. The van der Waals surface area contributed by atoms with Crippen molar-refractivity contribution in [1.29, 1.82) is 0 Å². The van der Waals surface area contributed by atoms with E-state index in [0.29, 0.717) is 17.3 Å². The summed E-state index contributed by atoms with van der Waals surface area (Å²) in [6.07, 6.45) is -6.00. The fourth-order valence-electron chi connectivity index (χ4n) is 1.99. The van der Waals surface area contributed by atoms with Crippen LogP contribution in [0.25, 0.3) is 11.3 Å². The molecule has 0 bridgehead atoms. The first-order valence-electron chi connectivity index (χ1n) is 7.64. The monoisotopic (exact) mass is 424 g/mol. The van der Waals surface area contributed by atoms with Gasteiger partial charge < -0.3 is 4.42 Å². The Hall–Kier alpha value is -3.18. The van der Waals surface area contributed by atoms with Crippen molar-refractivity contribution in [2.24, 2.45) is 5.10 Å². The Morgan fingerprint density at radius 1 is 0.966 bits per heavy atom. The van der Waals surface area contributed by atoms with Crippen molar-refractivity contribution in [2.75, 3.05) is 0 Å². The van der Waals surface area contributed by atoms with Gasteiger partial charge in [-0.3, -0.25) is 9.59 Å². The maximum atomic E-state index is 13.1. The average Bonchev–Trinajstić information content (AvgIpc) is 3.09. The third-order valence-corrected chi connectivity index (χ3v) is 3.60. The average molecular weight is 424 g/mol. The number of nitrogens with one attached hydrogen (secondary N) is 1. The molecule has 29 heavy (non-hydrogen) atoms. The summed E-state index contributed by atoms with van der Waals surface area (Å²) in [5.41, 5.74) is 1.89. The molecule has 0 spiro atoms. The van der Waals surface area contributed by atoms with Crippen molar-refractivity contribution < 1.29 is 44.7 Å². The van der Waals surface area contributed by atoms with Crippen LogP contribution >= 0.6 is 0 Å². The largest absolute Gasteiger partial charge is 0.460 e. The minimum atomic E-state index is -6.63. The number of furan rings is 1. The number of hydrogen-bond donors (Lipinski definition) is 1. The summed E-state index contributed by atoms with van der Waals surface area (Å²) in [6, 6.07) is 8.84. The van der Waals surface area contributed by atoms with Crippen molar-refractivity contribution >= 4 is 17.9 Å². The highest BCUT2D eigenvalue weighted by Gasteiger charge is 2.76. The van der Waals surface area contributed by atoms with Crippen LogP contribution in [0.15, 0.2) is 45.9 Å². The number of hydrazone groups is 1. The summed E-state index contributed by atoms with van der Waals surface area (Å²) in [7, 11) is 0. The maximum Gasteiger partial charge on any atom is 0.460 e. The Balaban J connectivity index is 2.08. The van der Waals surface area contributed by atoms with Gasteiger partial charge in [0.2, 0.25) is 0 Å². The van der Waals surface area contributed by atoms with E-state index in [-0.39, 0.29) is 17.3 Å². The van der Waals surface area contributed by atoms with Gasteiger partial charge in [0, 0.05) is 11.1 Å². The highest BCUT2D eigenvalue weighted by molar-refractivity contribution is 5.94. The van der Waals surface area contributed by atoms with E-state index in [1.807, 2.05) is 0 Å². The van der Waals surface area contributed by atoms with Crippen LogP contribution in [-0.4, -0.2) is 35.9 Å². The fourth-order valence-corrected chi connectivity index (χ4v) is 1.99. The van der Waals surface area contributed by atoms with E-state index in [0.717, 1.165) is 5.43 Å². The zero-order chi connectivity index (χ0) is 22.0. The molecular weight excluding hydrogens is 413 g/mol. The lowest BCUT2D eigenvalue weighted by molar-refractivity contribution is -0.344. The van der Waals surface area contributed by atoms with E-state index in [1.165, 1.54) is 31.2 Å². The van der Waals surface area contributed by atoms with Gasteiger partial charge in [-0.05, 0) is 19.1 Å². The van der Waals surface area contributed by atoms with E-state index >= 15 is 0 Å². The van der Waals surface area contributed by atoms with Gasteiger partial charge in [-0.1, -0.05) is 24.3 Å². The number of rotatable bonds is 6. The molecule has 2 aromatic rings. The van der Waals surface area contributed by atoms with Gasteiger partial charge in [0.15, 0.2) is 5.78 Å². The molecule has 0 atom stereocenters. The van der Waals surface area contributed by atoms with Crippen molar-refractivity contribution in [3.8, 4) is 11.3 Å². The molecule has 0 aliphatic rings. The Labute approximate surface area is 158 Å². The number of ketones is 1. The standard InChI is InChI=1S/C17H11F7N2O3/c1-9(27)10-2-4-11(5-3-10)13-7-6-12(29-13)8-25-26-14(28)15(18,19)16(20,21)17(22,23)24/h2-8H,1H3,(H,26,28)/b25-8+. The number of halogens is 7. The van der Waals surface area contributed by atoms with Crippen LogP contribution in [0, 0.1) is 0 Å². The van der Waals surface area contributed by atoms with Gasteiger partial charge in [-0.25, -0.2) is 5.43 Å². The van der Waals surface area contributed by atoms with Gasteiger partial charge >= 0.3 is 23.9 Å². The van der Waals surface area contributed by atoms with E-state index in [4.69, 9.17) is 4.42 Å². The third-order valence-electron chi connectivity index (χ3n) is 3.60. The van der Waals surface area contributed by atoms with Crippen LogP contribution in [0.1, 0.15) is 23.0 Å². The van der Waals surface area contributed by atoms with Gasteiger partial charge in [0.1, 0.15) is 11.5 Å². The summed E-state index contributed by atoms with van der Waals surface area (Å²) in [5, 5.41) is 2.90.